The first-order valence-corrected chi connectivity index (χ1v) is 12.0. The van der Waals surface area contributed by atoms with E-state index in [-0.39, 0.29) is 17.5 Å². The molecule has 2 heterocycles. The van der Waals surface area contributed by atoms with Gasteiger partial charge in [-0.25, -0.2) is 0 Å². The molecule has 3 aromatic carbocycles. The fourth-order valence-electron chi connectivity index (χ4n) is 6.18. The zero-order valence-electron chi connectivity index (χ0n) is 18.6. The highest BCUT2D eigenvalue weighted by Crippen LogP contribution is 2.59. The first-order valence-electron chi connectivity index (χ1n) is 11.7. The van der Waals surface area contributed by atoms with Gasteiger partial charge in [-0.05, 0) is 43.2 Å². The van der Waals surface area contributed by atoms with Crippen LogP contribution in [0.2, 0.25) is 5.02 Å². The van der Waals surface area contributed by atoms with E-state index in [1.54, 1.807) is 35.2 Å². The first kappa shape index (κ1) is 20.4. The van der Waals surface area contributed by atoms with Gasteiger partial charge >= 0.3 is 0 Å². The molecule has 0 saturated carbocycles. The molecule has 4 aliphatic rings. The highest BCUT2D eigenvalue weighted by Gasteiger charge is 2.64. The van der Waals surface area contributed by atoms with E-state index in [0.29, 0.717) is 63.6 Å². The van der Waals surface area contributed by atoms with Crippen LogP contribution in [0.3, 0.4) is 0 Å². The summed E-state index contributed by atoms with van der Waals surface area (Å²) in [6.45, 7) is 0. The third-order valence-corrected chi connectivity index (χ3v) is 7.77. The van der Waals surface area contributed by atoms with E-state index in [9.17, 15) is 14.4 Å². The van der Waals surface area contributed by atoms with E-state index >= 15 is 0 Å². The molecule has 1 unspecified atom stereocenters. The number of allylic oxidation sites excluding steroid dienone is 1. The number of ketones is 2. The predicted molar refractivity (Wildman–Crippen MR) is 134 cm³/mol. The number of anilines is 2. The normalized spacial score (nSPS) is 22.3. The molecule has 0 radical (unpaired) electrons. The topological polar surface area (TPSA) is 66.5 Å². The molecular weight excluding hydrogens is 460 g/mol. The van der Waals surface area contributed by atoms with Gasteiger partial charge in [0, 0.05) is 56.4 Å². The molecule has 1 atom stereocenters. The molecule has 1 spiro atoms. The van der Waals surface area contributed by atoms with E-state index in [1.807, 2.05) is 42.5 Å². The first-order chi connectivity index (χ1) is 17.0. The summed E-state index contributed by atoms with van der Waals surface area (Å²) in [6.07, 6.45) is 1.59. The molecule has 35 heavy (non-hydrogen) atoms. The Morgan fingerprint density at radius 1 is 0.800 bits per heavy atom. The fourth-order valence-corrected chi connectivity index (χ4v) is 6.30. The molecule has 7 rings (SSSR count). The number of amides is 1. The number of nitrogens with one attached hydrogen (secondary N) is 1. The predicted octanol–water partition coefficient (Wildman–Crippen LogP) is 5.66. The summed E-state index contributed by atoms with van der Waals surface area (Å²) >= 11 is 6.14. The maximum atomic E-state index is 14.8. The summed E-state index contributed by atoms with van der Waals surface area (Å²) in [6, 6.07) is 21.9. The van der Waals surface area contributed by atoms with Crippen LogP contribution in [0.25, 0.3) is 5.70 Å². The summed E-state index contributed by atoms with van der Waals surface area (Å²) < 4.78 is 0. The molecule has 1 amide bonds. The molecule has 0 fully saturated rings. The maximum absolute atomic E-state index is 14.8. The Balaban J connectivity index is 1.59. The summed E-state index contributed by atoms with van der Waals surface area (Å²) in [5.74, 6) is -0.583. The zero-order valence-corrected chi connectivity index (χ0v) is 19.4. The Kier molecular flexibility index (Phi) is 4.10. The lowest BCUT2D eigenvalue weighted by atomic mass is 9.63. The molecule has 2 aliphatic carbocycles. The van der Waals surface area contributed by atoms with Gasteiger partial charge in [-0.15, -0.1) is 0 Å². The van der Waals surface area contributed by atoms with Crippen molar-refractivity contribution in [2.75, 3.05) is 10.2 Å². The molecule has 2 aliphatic heterocycles. The second-order valence-electron chi connectivity index (χ2n) is 9.26. The Morgan fingerprint density at radius 2 is 1.51 bits per heavy atom. The second kappa shape index (κ2) is 7.03. The number of carbonyl (C=O) groups excluding carboxylic acids is 3. The van der Waals surface area contributed by atoms with Gasteiger partial charge in [0.05, 0.1) is 5.70 Å². The van der Waals surface area contributed by atoms with E-state index in [2.05, 4.69) is 5.32 Å². The van der Waals surface area contributed by atoms with Crippen LogP contribution in [-0.4, -0.2) is 17.5 Å². The fraction of sp³-hybridized carbons (Fsp3) is 0.138. The summed E-state index contributed by atoms with van der Waals surface area (Å²) in [7, 11) is 0. The molecule has 0 aromatic heterocycles. The van der Waals surface area contributed by atoms with E-state index in [1.165, 1.54) is 0 Å². The van der Waals surface area contributed by atoms with Crippen molar-refractivity contribution in [2.24, 2.45) is 0 Å². The average molecular weight is 479 g/mol. The van der Waals surface area contributed by atoms with Crippen molar-refractivity contribution in [1.29, 1.82) is 0 Å². The Labute approximate surface area is 206 Å². The number of Topliss-reactive ketones (excluding diaryl/α,β-unsaturated/α-hetero) is 2. The van der Waals surface area contributed by atoms with Crippen LogP contribution in [0.15, 0.2) is 89.6 Å². The number of hydrogen-bond acceptors (Lipinski definition) is 4. The van der Waals surface area contributed by atoms with Crippen LogP contribution >= 0.6 is 11.6 Å². The van der Waals surface area contributed by atoms with Gasteiger partial charge < -0.3 is 5.32 Å². The smallest absolute Gasteiger partial charge is 0.251 e. The minimum atomic E-state index is -1.50. The van der Waals surface area contributed by atoms with Gasteiger partial charge in [0.2, 0.25) is 0 Å². The number of carbonyl (C=O) groups is 3. The van der Waals surface area contributed by atoms with Gasteiger partial charge in [0.15, 0.2) is 11.6 Å². The van der Waals surface area contributed by atoms with Crippen molar-refractivity contribution in [1.82, 2.24) is 0 Å². The number of nitrogens with zero attached hydrogens (tertiary/aromatic N) is 1. The molecule has 1 N–H and O–H groups in total. The Hall–Kier alpha value is -3.96. The Morgan fingerprint density at radius 3 is 2.31 bits per heavy atom. The lowest BCUT2D eigenvalue weighted by Crippen LogP contribution is -2.47. The zero-order chi connectivity index (χ0) is 23.9. The molecule has 6 heteroatoms. The second-order valence-corrected chi connectivity index (χ2v) is 9.70. The maximum Gasteiger partial charge on any atom is 0.251 e. The van der Waals surface area contributed by atoms with Crippen LogP contribution in [0, 0.1) is 0 Å². The van der Waals surface area contributed by atoms with Crippen molar-refractivity contribution >= 4 is 46.1 Å². The minimum Gasteiger partial charge on any atom is -0.354 e. The highest BCUT2D eigenvalue weighted by molar-refractivity contribution is 6.34. The van der Waals surface area contributed by atoms with Crippen LogP contribution in [0.5, 0.6) is 0 Å². The summed E-state index contributed by atoms with van der Waals surface area (Å²) in [5.41, 5.74) is 3.88. The van der Waals surface area contributed by atoms with Crippen LogP contribution in [0.4, 0.5) is 11.4 Å². The number of hydrogen-bond donors (Lipinski definition) is 1. The summed E-state index contributed by atoms with van der Waals surface area (Å²) in [4.78, 5) is 44.1. The molecule has 0 bridgehead atoms. The monoisotopic (exact) mass is 478 g/mol. The number of benzene rings is 3. The van der Waals surface area contributed by atoms with E-state index < -0.39 is 5.41 Å². The number of rotatable bonds is 1. The largest absolute Gasteiger partial charge is 0.354 e. The van der Waals surface area contributed by atoms with Gasteiger partial charge in [0.1, 0.15) is 5.41 Å². The third-order valence-electron chi connectivity index (χ3n) is 7.52. The summed E-state index contributed by atoms with van der Waals surface area (Å²) in [5, 5.41) is 3.98. The van der Waals surface area contributed by atoms with Crippen LogP contribution in [-0.2, 0) is 15.0 Å². The van der Waals surface area contributed by atoms with E-state index in [0.717, 1.165) is 11.3 Å². The van der Waals surface area contributed by atoms with Crippen molar-refractivity contribution in [3.05, 3.63) is 111 Å². The number of halogens is 1. The Bertz CT molecular complexity index is 1570. The van der Waals surface area contributed by atoms with Gasteiger partial charge in [-0.3, -0.25) is 19.3 Å². The molecule has 3 aromatic rings. The molecule has 5 nitrogen and oxygen atoms in total. The van der Waals surface area contributed by atoms with Crippen LogP contribution in [0.1, 0.15) is 40.7 Å². The standard InChI is InChI=1S/C29H19ClN2O3/c30-16-12-14-17(15-13-16)32-22-10-5-11-23(33)24(22)29(28(32)35)20-8-3-4-9-21(20)31-26-18-6-1-2-7-19(18)27(34)25(26)29/h1-4,6-9,12-15,31H,5,10-11H2. The quantitative estimate of drug-likeness (QED) is 0.489. The van der Waals surface area contributed by atoms with Crippen molar-refractivity contribution in [2.45, 2.75) is 24.7 Å². The minimum absolute atomic E-state index is 0.0802. The van der Waals surface area contributed by atoms with Crippen molar-refractivity contribution in [3.63, 3.8) is 0 Å². The molecular formula is C29H19ClN2O3. The number of fused-ring (bicyclic) bond motifs is 6. The SMILES string of the molecule is O=C1CCCC2=C1C1(C(=O)N2c2ccc(Cl)cc2)C2=C(Nc3ccccc31)c1ccccc1C2=O. The molecule has 0 saturated heterocycles. The number of para-hydroxylation sites is 1. The lowest BCUT2D eigenvalue weighted by molar-refractivity contribution is -0.122. The molecule has 170 valence electrons. The van der Waals surface area contributed by atoms with Gasteiger partial charge in [-0.2, -0.15) is 0 Å². The van der Waals surface area contributed by atoms with Crippen LogP contribution < -0.4 is 10.2 Å². The van der Waals surface area contributed by atoms with Crippen molar-refractivity contribution < 1.29 is 14.4 Å². The third kappa shape index (κ3) is 2.46. The average Bonchev–Trinajstić information content (AvgIpc) is 3.30. The lowest BCUT2D eigenvalue weighted by Gasteiger charge is -2.38. The van der Waals surface area contributed by atoms with Gasteiger partial charge in [0.25, 0.3) is 5.91 Å². The van der Waals surface area contributed by atoms with Crippen molar-refractivity contribution in [3.8, 4) is 0 Å². The van der Waals surface area contributed by atoms with Gasteiger partial charge in [-0.1, -0.05) is 54.1 Å². The highest BCUT2D eigenvalue weighted by atomic mass is 35.5. The van der Waals surface area contributed by atoms with E-state index in [4.69, 9.17) is 11.6 Å².